The van der Waals surface area contributed by atoms with Crippen molar-refractivity contribution in [3.8, 4) is 6.07 Å². The molecule has 90 valence electrons. The first kappa shape index (κ1) is 13.0. The van der Waals surface area contributed by atoms with Crippen molar-refractivity contribution in [1.82, 2.24) is 4.98 Å². The van der Waals surface area contributed by atoms with Gasteiger partial charge in [0.05, 0.1) is 17.7 Å². The third-order valence-corrected chi connectivity index (χ3v) is 1.82. The fourth-order valence-electron chi connectivity index (χ4n) is 1.12. The van der Waals surface area contributed by atoms with Gasteiger partial charge in [0.15, 0.2) is 0 Å². The molecule has 0 amide bonds. The molecule has 0 unspecified atom stereocenters. The SMILES string of the molecule is CCOC(=O)c1cnc(C#N)cc1C(F)(F)F. The molecule has 0 saturated heterocycles. The van der Waals surface area contributed by atoms with Crippen LogP contribution < -0.4 is 0 Å². The van der Waals surface area contributed by atoms with Crippen LogP contribution in [-0.2, 0) is 10.9 Å². The molecule has 1 heterocycles. The summed E-state index contributed by atoms with van der Waals surface area (Å²) in [6.45, 7) is 1.43. The van der Waals surface area contributed by atoms with E-state index in [-0.39, 0.29) is 6.61 Å². The van der Waals surface area contributed by atoms with Crippen LogP contribution in [0.1, 0.15) is 28.5 Å². The summed E-state index contributed by atoms with van der Waals surface area (Å²) in [4.78, 5) is 14.7. The lowest BCUT2D eigenvalue weighted by atomic mass is 10.1. The number of nitrogens with zero attached hydrogens (tertiary/aromatic N) is 2. The standard InChI is InChI=1S/C10H7F3N2O2/c1-2-17-9(16)7-5-15-6(4-14)3-8(7)10(11,12)13/h3,5H,2H2,1H3. The van der Waals surface area contributed by atoms with Gasteiger partial charge in [0.25, 0.3) is 0 Å². The fraction of sp³-hybridized carbons (Fsp3) is 0.300. The first-order chi connectivity index (χ1) is 7.90. The van der Waals surface area contributed by atoms with Gasteiger partial charge in [-0.1, -0.05) is 0 Å². The van der Waals surface area contributed by atoms with Crippen molar-refractivity contribution < 1.29 is 22.7 Å². The maximum atomic E-state index is 12.6. The number of alkyl halides is 3. The number of aromatic nitrogens is 1. The number of esters is 1. The number of carbonyl (C=O) groups excluding carboxylic acids is 1. The zero-order valence-electron chi connectivity index (χ0n) is 8.71. The zero-order valence-corrected chi connectivity index (χ0v) is 8.71. The van der Waals surface area contributed by atoms with Crippen molar-refractivity contribution in [3.05, 3.63) is 29.1 Å². The largest absolute Gasteiger partial charge is 0.462 e. The molecule has 1 aromatic heterocycles. The smallest absolute Gasteiger partial charge is 0.417 e. The van der Waals surface area contributed by atoms with Gasteiger partial charge in [0, 0.05) is 6.20 Å². The van der Waals surface area contributed by atoms with Gasteiger partial charge in [0.1, 0.15) is 11.8 Å². The molecule has 0 aliphatic heterocycles. The summed E-state index contributed by atoms with van der Waals surface area (Å²) in [5.74, 6) is -1.11. The highest BCUT2D eigenvalue weighted by Crippen LogP contribution is 2.32. The number of pyridine rings is 1. The Bertz CT molecular complexity index is 477. The summed E-state index contributed by atoms with van der Waals surface area (Å²) in [6, 6.07) is 1.99. The predicted molar refractivity (Wildman–Crippen MR) is 49.9 cm³/mol. The highest BCUT2D eigenvalue weighted by Gasteiger charge is 2.36. The Morgan fingerprint density at radius 3 is 2.71 bits per heavy atom. The molecule has 0 aliphatic rings. The van der Waals surface area contributed by atoms with E-state index in [2.05, 4.69) is 9.72 Å². The second-order valence-corrected chi connectivity index (χ2v) is 2.95. The van der Waals surface area contributed by atoms with E-state index in [4.69, 9.17) is 5.26 Å². The number of hydrogen-bond acceptors (Lipinski definition) is 4. The second kappa shape index (κ2) is 4.82. The van der Waals surface area contributed by atoms with Gasteiger partial charge in [-0.15, -0.1) is 0 Å². The summed E-state index contributed by atoms with van der Waals surface area (Å²) < 4.78 is 42.3. The van der Waals surface area contributed by atoms with E-state index in [1.54, 1.807) is 0 Å². The van der Waals surface area contributed by atoms with Crippen molar-refractivity contribution in [2.75, 3.05) is 6.61 Å². The van der Waals surface area contributed by atoms with E-state index >= 15 is 0 Å². The summed E-state index contributed by atoms with van der Waals surface area (Å²) in [5.41, 5.74) is -2.33. The van der Waals surface area contributed by atoms with Gasteiger partial charge in [-0.2, -0.15) is 18.4 Å². The Labute approximate surface area is 94.6 Å². The topological polar surface area (TPSA) is 63.0 Å². The minimum Gasteiger partial charge on any atom is -0.462 e. The first-order valence-electron chi connectivity index (χ1n) is 4.54. The molecule has 0 spiro atoms. The van der Waals surface area contributed by atoms with Gasteiger partial charge in [-0.05, 0) is 13.0 Å². The third kappa shape index (κ3) is 2.93. The number of halogens is 3. The Kier molecular flexibility index (Phi) is 3.68. The van der Waals surface area contributed by atoms with Crippen molar-refractivity contribution in [1.29, 1.82) is 5.26 Å². The minimum atomic E-state index is -4.74. The monoisotopic (exact) mass is 244 g/mol. The van der Waals surface area contributed by atoms with Crippen LogP contribution in [0.2, 0.25) is 0 Å². The molecule has 0 aliphatic carbocycles. The van der Waals surface area contributed by atoms with E-state index in [9.17, 15) is 18.0 Å². The van der Waals surface area contributed by atoms with Crippen molar-refractivity contribution in [2.24, 2.45) is 0 Å². The first-order valence-corrected chi connectivity index (χ1v) is 4.54. The van der Waals surface area contributed by atoms with E-state index in [0.29, 0.717) is 12.3 Å². The van der Waals surface area contributed by atoms with Crippen molar-refractivity contribution in [2.45, 2.75) is 13.1 Å². The van der Waals surface area contributed by atoms with Gasteiger partial charge >= 0.3 is 12.1 Å². The molecule has 0 fully saturated rings. The van der Waals surface area contributed by atoms with E-state index in [1.165, 1.54) is 13.0 Å². The van der Waals surface area contributed by atoms with Crippen LogP contribution in [-0.4, -0.2) is 17.6 Å². The van der Waals surface area contributed by atoms with E-state index in [0.717, 1.165) is 0 Å². The molecule has 0 atom stereocenters. The molecular formula is C10H7F3N2O2. The molecule has 1 rings (SSSR count). The molecule has 0 radical (unpaired) electrons. The highest BCUT2D eigenvalue weighted by atomic mass is 19.4. The summed E-state index contributed by atoms with van der Waals surface area (Å²) in [5, 5.41) is 8.46. The molecule has 7 heteroatoms. The van der Waals surface area contributed by atoms with Crippen molar-refractivity contribution >= 4 is 5.97 Å². The van der Waals surface area contributed by atoms with Crippen LogP contribution in [0.4, 0.5) is 13.2 Å². The molecule has 17 heavy (non-hydrogen) atoms. The fourth-order valence-corrected chi connectivity index (χ4v) is 1.12. The Balaban J connectivity index is 3.31. The molecule has 0 N–H and O–H groups in total. The van der Waals surface area contributed by atoms with Crippen LogP contribution in [0.5, 0.6) is 0 Å². The van der Waals surface area contributed by atoms with Crippen LogP contribution >= 0.6 is 0 Å². The number of hydrogen-bond donors (Lipinski definition) is 0. The van der Waals surface area contributed by atoms with E-state index in [1.807, 2.05) is 0 Å². The van der Waals surface area contributed by atoms with Crippen LogP contribution in [0.15, 0.2) is 12.3 Å². The average molecular weight is 244 g/mol. The molecule has 1 aromatic rings. The van der Waals surface area contributed by atoms with Crippen molar-refractivity contribution in [3.63, 3.8) is 0 Å². The maximum absolute atomic E-state index is 12.6. The second-order valence-electron chi connectivity index (χ2n) is 2.95. The quantitative estimate of drug-likeness (QED) is 0.748. The van der Waals surface area contributed by atoms with Gasteiger partial charge in [0.2, 0.25) is 0 Å². The van der Waals surface area contributed by atoms with Gasteiger partial charge in [-0.3, -0.25) is 0 Å². The minimum absolute atomic E-state index is 0.0455. The van der Waals surface area contributed by atoms with Gasteiger partial charge in [-0.25, -0.2) is 9.78 Å². The molecule has 0 saturated carbocycles. The lowest BCUT2D eigenvalue weighted by molar-refractivity contribution is -0.138. The normalized spacial score (nSPS) is 10.8. The number of nitriles is 1. The van der Waals surface area contributed by atoms with Crippen LogP contribution in [0, 0.1) is 11.3 Å². The molecular weight excluding hydrogens is 237 g/mol. The summed E-state index contributed by atoms with van der Waals surface area (Å²) in [6.07, 6.45) is -4.05. The predicted octanol–water partition coefficient (Wildman–Crippen LogP) is 2.15. The Morgan fingerprint density at radius 2 is 2.24 bits per heavy atom. The molecule has 4 nitrogen and oxygen atoms in total. The third-order valence-electron chi connectivity index (χ3n) is 1.82. The maximum Gasteiger partial charge on any atom is 0.417 e. The molecule has 0 bridgehead atoms. The lowest BCUT2D eigenvalue weighted by Gasteiger charge is -2.11. The number of carbonyl (C=O) groups is 1. The highest BCUT2D eigenvalue weighted by molar-refractivity contribution is 5.91. The summed E-state index contributed by atoms with van der Waals surface area (Å²) >= 11 is 0. The van der Waals surface area contributed by atoms with Crippen LogP contribution in [0.25, 0.3) is 0 Å². The Hall–Kier alpha value is -2.10. The van der Waals surface area contributed by atoms with Gasteiger partial charge < -0.3 is 4.74 Å². The number of rotatable bonds is 2. The zero-order chi connectivity index (χ0) is 13.1. The van der Waals surface area contributed by atoms with E-state index < -0.39 is 29.0 Å². The number of ether oxygens (including phenoxy) is 1. The Morgan fingerprint density at radius 1 is 1.59 bits per heavy atom. The lowest BCUT2D eigenvalue weighted by Crippen LogP contribution is -2.16. The van der Waals surface area contributed by atoms with Crippen LogP contribution in [0.3, 0.4) is 0 Å². The summed E-state index contributed by atoms with van der Waals surface area (Å²) in [7, 11) is 0. The molecule has 0 aromatic carbocycles. The average Bonchev–Trinajstić information content (AvgIpc) is 2.27.